The molecule has 0 saturated carbocycles. The molecular weight excluding hydrogens is 316 g/mol. The zero-order chi connectivity index (χ0) is 16.4. The summed E-state index contributed by atoms with van der Waals surface area (Å²) in [5, 5.41) is 0.533. The number of carbonyl (C=O) groups is 1. The average Bonchev–Trinajstić information content (AvgIpc) is 3.00. The Morgan fingerprint density at radius 3 is 2.48 bits per heavy atom. The fourth-order valence-corrected chi connectivity index (χ4v) is 2.93. The van der Waals surface area contributed by atoms with Crippen molar-refractivity contribution in [3.05, 3.63) is 35.6 Å². The molecule has 0 unspecified atom stereocenters. The summed E-state index contributed by atoms with van der Waals surface area (Å²) in [7, 11) is 3.68. The molecule has 0 N–H and O–H groups in total. The lowest BCUT2D eigenvalue weighted by Crippen LogP contribution is -2.46. The highest BCUT2D eigenvalue weighted by Crippen LogP contribution is 2.20. The second kappa shape index (κ2) is 6.54. The van der Waals surface area contributed by atoms with Crippen LogP contribution in [-0.2, 0) is 7.05 Å². The van der Waals surface area contributed by atoms with Gasteiger partial charge < -0.3 is 14.4 Å². The van der Waals surface area contributed by atoms with E-state index in [-0.39, 0.29) is 11.9 Å². The number of amides is 1. The summed E-state index contributed by atoms with van der Waals surface area (Å²) >= 11 is 5.82. The second-order valence-electron chi connectivity index (χ2n) is 5.73. The fraction of sp³-hybridized carbons (Fsp3) is 0.467. The van der Waals surface area contributed by atoms with Crippen molar-refractivity contribution in [2.24, 2.45) is 7.05 Å². The van der Waals surface area contributed by atoms with Gasteiger partial charge in [-0.25, -0.2) is 15.0 Å². The maximum Gasteiger partial charge on any atom is 0.272 e. The molecular formula is C15H19ClN6O. The van der Waals surface area contributed by atoms with E-state index in [1.807, 2.05) is 19.0 Å². The third-order valence-corrected chi connectivity index (χ3v) is 4.45. The quantitative estimate of drug-likeness (QED) is 0.853. The largest absolute Gasteiger partial charge is 0.341 e. The fourth-order valence-electron chi connectivity index (χ4n) is 2.83. The highest BCUT2D eigenvalue weighted by Gasteiger charge is 2.27. The van der Waals surface area contributed by atoms with Gasteiger partial charge in [0.2, 0.25) is 5.95 Å². The van der Waals surface area contributed by atoms with E-state index < -0.39 is 0 Å². The molecule has 122 valence electrons. The number of aromatic nitrogens is 4. The SMILES string of the molecule is CN(C(=O)c1cncn1C)C1CCN(c2ncc(Cl)cn2)CC1. The van der Waals surface area contributed by atoms with Crippen molar-refractivity contribution in [2.45, 2.75) is 18.9 Å². The lowest BCUT2D eigenvalue weighted by atomic mass is 10.0. The van der Waals surface area contributed by atoms with E-state index in [1.165, 1.54) is 0 Å². The number of rotatable bonds is 3. The molecule has 1 aliphatic rings. The van der Waals surface area contributed by atoms with Crippen molar-refractivity contribution >= 4 is 23.5 Å². The number of piperidine rings is 1. The molecule has 1 aliphatic heterocycles. The predicted molar refractivity (Wildman–Crippen MR) is 87.6 cm³/mol. The minimum Gasteiger partial charge on any atom is -0.341 e. The summed E-state index contributed by atoms with van der Waals surface area (Å²) in [4.78, 5) is 29.0. The summed E-state index contributed by atoms with van der Waals surface area (Å²) in [6.07, 6.45) is 8.22. The summed E-state index contributed by atoms with van der Waals surface area (Å²) in [6, 6.07) is 0.209. The van der Waals surface area contributed by atoms with E-state index in [0.717, 1.165) is 25.9 Å². The molecule has 0 aromatic carbocycles. The first-order valence-corrected chi connectivity index (χ1v) is 7.90. The van der Waals surface area contributed by atoms with Crippen LogP contribution in [0.2, 0.25) is 5.02 Å². The molecule has 3 heterocycles. The van der Waals surface area contributed by atoms with Gasteiger partial charge >= 0.3 is 0 Å². The Morgan fingerprint density at radius 1 is 1.26 bits per heavy atom. The van der Waals surface area contributed by atoms with Crippen molar-refractivity contribution in [1.29, 1.82) is 0 Å². The minimum atomic E-state index is 0.00573. The molecule has 0 atom stereocenters. The number of halogens is 1. The number of nitrogens with zero attached hydrogens (tertiary/aromatic N) is 6. The zero-order valence-electron chi connectivity index (χ0n) is 13.2. The Labute approximate surface area is 139 Å². The van der Waals surface area contributed by atoms with Crippen molar-refractivity contribution < 1.29 is 4.79 Å². The van der Waals surface area contributed by atoms with Crippen molar-refractivity contribution in [3.63, 3.8) is 0 Å². The van der Waals surface area contributed by atoms with Gasteiger partial charge in [-0.3, -0.25) is 4.79 Å². The van der Waals surface area contributed by atoms with E-state index in [4.69, 9.17) is 11.6 Å². The van der Waals surface area contributed by atoms with Crippen LogP contribution in [0.3, 0.4) is 0 Å². The summed E-state index contributed by atoms with van der Waals surface area (Å²) in [5.41, 5.74) is 0.607. The molecule has 0 spiro atoms. The van der Waals surface area contributed by atoms with Crippen LogP contribution in [0.15, 0.2) is 24.9 Å². The molecule has 23 heavy (non-hydrogen) atoms. The first kappa shape index (κ1) is 15.7. The Morgan fingerprint density at radius 2 is 1.91 bits per heavy atom. The van der Waals surface area contributed by atoms with E-state index >= 15 is 0 Å². The normalized spacial score (nSPS) is 15.7. The maximum absolute atomic E-state index is 12.5. The van der Waals surface area contributed by atoms with Crippen LogP contribution in [-0.4, -0.2) is 56.5 Å². The second-order valence-corrected chi connectivity index (χ2v) is 6.16. The molecule has 7 nitrogen and oxygen atoms in total. The topological polar surface area (TPSA) is 67.2 Å². The Balaban J connectivity index is 1.61. The van der Waals surface area contributed by atoms with E-state index in [1.54, 1.807) is 29.5 Å². The van der Waals surface area contributed by atoms with Crippen LogP contribution in [0.1, 0.15) is 23.3 Å². The number of carbonyl (C=O) groups excluding carboxylic acids is 1. The Hall–Kier alpha value is -2.15. The zero-order valence-corrected chi connectivity index (χ0v) is 13.9. The minimum absolute atomic E-state index is 0.00573. The molecule has 2 aromatic heterocycles. The highest BCUT2D eigenvalue weighted by molar-refractivity contribution is 6.30. The molecule has 3 rings (SSSR count). The average molecular weight is 335 g/mol. The third-order valence-electron chi connectivity index (χ3n) is 4.26. The summed E-state index contributed by atoms with van der Waals surface area (Å²) < 4.78 is 1.75. The Kier molecular flexibility index (Phi) is 4.47. The van der Waals surface area contributed by atoms with Crippen molar-refractivity contribution in [2.75, 3.05) is 25.0 Å². The van der Waals surface area contributed by atoms with Gasteiger partial charge in [-0.05, 0) is 12.8 Å². The lowest BCUT2D eigenvalue weighted by Gasteiger charge is -2.36. The summed E-state index contributed by atoms with van der Waals surface area (Å²) in [6.45, 7) is 1.63. The number of anilines is 1. The van der Waals surface area contributed by atoms with Gasteiger partial charge in [-0.2, -0.15) is 0 Å². The first-order chi connectivity index (χ1) is 11.1. The molecule has 1 saturated heterocycles. The molecule has 2 aromatic rings. The predicted octanol–water partition coefficient (Wildman–Crippen LogP) is 1.60. The number of aryl methyl sites for hydroxylation is 1. The van der Waals surface area contributed by atoms with Crippen LogP contribution in [0.4, 0.5) is 5.95 Å². The Bertz CT molecular complexity index is 678. The molecule has 1 amide bonds. The third kappa shape index (κ3) is 3.29. The standard InChI is InChI=1S/C15H19ClN6O/c1-20-10-17-9-13(20)14(23)21(2)12-3-5-22(6-4-12)15-18-7-11(16)8-19-15/h7-10,12H,3-6H2,1-2H3. The number of hydrogen-bond donors (Lipinski definition) is 0. The van der Waals surface area contributed by atoms with Gasteiger partial charge in [-0.15, -0.1) is 0 Å². The van der Waals surface area contributed by atoms with Crippen LogP contribution in [0.5, 0.6) is 0 Å². The smallest absolute Gasteiger partial charge is 0.272 e. The van der Waals surface area contributed by atoms with Crippen LogP contribution < -0.4 is 4.90 Å². The molecule has 8 heteroatoms. The highest BCUT2D eigenvalue weighted by atomic mass is 35.5. The van der Waals surface area contributed by atoms with E-state index in [9.17, 15) is 4.79 Å². The van der Waals surface area contributed by atoms with Crippen LogP contribution in [0.25, 0.3) is 0 Å². The number of hydrogen-bond acceptors (Lipinski definition) is 5. The van der Waals surface area contributed by atoms with Crippen molar-refractivity contribution in [1.82, 2.24) is 24.4 Å². The maximum atomic E-state index is 12.5. The lowest BCUT2D eigenvalue weighted by molar-refractivity contribution is 0.0699. The van der Waals surface area contributed by atoms with Crippen molar-refractivity contribution in [3.8, 4) is 0 Å². The van der Waals surface area contributed by atoms with Gasteiger partial charge in [0.25, 0.3) is 5.91 Å². The van der Waals surface area contributed by atoms with Gasteiger partial charge in [0, 0.05) is 33.2 Å². The number of imidazole rings is 1. The monoisotopic (exact) mass is 334 g/mol. The van der Waals surface area contributed by atoms with E-state index in [2.05, 4.69) is 19.9 Å². The molecule has 1 fully saturated rings. The van der Waals surface area contributed by atoms with Gasteiger partial charge in [0.05, 0.1) is 29.9 Å². The molecule has 0 radical (unpaired) electrons. The van der Waals surface area contributed by atoms with Crippen LogP contribution >= 0.6 is 11.6 Å². The van der Waals surface area contributed by atoms with Gasteiger partial charge in [0.1, 0.15) is 5.69 Å². The van der Waals surface area contributed by atoms with Gasteiger partial charge in [0.15, 0.2) is 0 Å². The molecule has 0 aliphatic carbocycles. The van der Waals surface area contributed by atoms with E-state index in [0.29, 0.717) is 16.7 Å². The molecule has 0 bridgehead atoms. The van der Waals surface area contributed by atoms with Crippen LogP contribution in [0, 0.1) is 0 Å². The summed E-state index contributed by atoms with van der Waals surface area (Å²) in [5.74, 6) is 0.694. The van der Waals surface area contributed by atoms with Gasteiger partial charge in [-0.1, -0.05) is 11.6 Å². The first-order valence-electron chi connectivity index (χ1n) is 7.52.